The van der Waals surface area contributed by atoms with Gasteiger partial charge in [-0.25, -0.2) is 4.79 Å². The van der Waals surface area contributed by atoms with Crippen molar-refractivity contribution in [2.24, 2.45) is 0 Å². The van der Waals surface area contributed by atoms with Gasteiger partial charge in [0.25, 0.3) is 0 Å². The highest BCUT2D eigenvalue weighted by molar-refractivity contribution is 6.26. The minimum Gasteiger partial charge on any atom is -0.478 e. The summed E-state index contributed by atoms with van der Waals surface area (Å²) in [7, 11) is -0.937. The van der Waals surface area contributed by atoms with Crippen LogP contribution in [-0.2, 0) is 8.91 Å². The van der Waals surface area contributed by atoms with Crippen LogP contribution in [0.2, 0.25) is 0 Å². The first-order valence-corrected chi connectivity index (χ1v) is 4.02. The van der Waals surface area contributed by atoms with Gasteiger partial charge >= 0.3 is 16.1 Å². The smallest absolute Gasteiger partial charge is 0.342 e. The summed E-state index contributed by atoms with van der Waals surface area (Å²) in [6.07, 6.45) is 0.833. The fraction of sp³-hybridized carbons (Fsp3) is 0. The van der Waals surface area contributed by atoms with Gasteiger partial charge in [-0.1, -0.05) is 6.58 Å². The molecule has 0 rings (SSSR count). The average Bonchev–Trinajstić information content (AvgIpc) is 1.89. The molecule has 9 heavy (non-hydrogen) atoms. The van der Waals surface area contributed by atoms with Crippen molar-refractivity contribution in [3.05, 3.63) is 12.7 Å². The van der Waals surface area contributed by atoms with Gasteiger partial charge in [-0.05, 0) is 0 Å². The van der Waals surface area contributed by atoms with E-state index in [1.54, 1.807) is 0 Å². The van der Waals surface area contributed by atoms with Crippen molar-refractivity contribution < 1.29 is 18.1 Å². The number of carbonyl (C=O) groups is 1. The first-order valence-electron chi connectivity index (χ1n) is 2.09. The highest BCUT2D eigenvalue weighted by Crippen LogP contribution is 1.54. The Balaban J connectivity index is 0. The van der Waals surface area contributed by atoms with Crippen LogP contribution in [-0.4, -0.2) is 31.7 Å². The van der Waals surface area contributed by atoms with Gasteiger partial charge in [0.1, 0.15) is 10.5 Å². The maximum Gasteiger partial charge on any atom is 0.342 e. The Morgan fingerprint density at radius 3 is 2.22 bits per heavy atom. The monoisotopic (exact) mass is 168 g/mol. The summed E-state index contributed by atoms with van der Waals surface area (Å²) in [6, 6.07) is 0. The molecular weight excluding hydrogens is 159 g/mol. The Labute approximate surface area is 58.2 Å². The lowest BCUT2D eigenvalue weighted by Crippen LogP contribution is -1.82. The minimum atomic E-state index is -1.51. The maximum absolute atomic E-state index is 10.7. The molecule has 0 atom stereocenters. The number of hydrogen-bond donors (Lipinski definition) is 1. The summed E-state index contributed by atoms with van der Waals surface area (Å²) in [4.78, 5) is 9.25. The summed E-state index contributed by atoms with van der Waals surface area (Å²) < 4.78 is 14.8. The predicted octanol–water partition coefficient (Wildman–Crippen LogP) is -1.49. The molecule has 0 unspecified atom stereocenters. The maximum atomic E-state index is 10.7. The molecule has 0 saturated carbocycles. The van der Waals surface area contributed by atoms with Crippen molar-refractivity contribution in [2.45, 2.75) is 0 Å². The van der Waals surface area contributed by atoms with Crippen molar-refractivity contribution in [1.82, 2.24) is 0 Å². The van der Waals surface area contributed by atoms with Crippen LogP contribution in [0.1, 0.15) is 0 Å². The highest BCUT2D eigenvalue weighted by Gasteiger charge is 1.73. The van der Waals surface area contributed by atoms with Crippen LogP contribution in [0.15, 0.2) is 12.7 Å². The molecule has 0 amide bonds. The van der Waals surface area contributed by atoms with E-state index in [0.717, 1.165) is 6.08 Å². The molecule has 0 spiro atoms. The van der Waals surface area contributed by atoms with E-state index in [1.165, 1.54) is 0 Å². The first-order chi connectivity index (χ1) is 4.18. The average molecular weight is 168 g/mol. The van der Waals surface area contributed by atoms with E-state index < -0.39 is 16.1 Å². The lowest BCUT2D eigenvalue weighted by atomic mass is 10.7. The van der Waals surface area contributed by atoms with Crippen LogP contribution in [0.4, 0.5) is 4.11 Å². The van der Waals surface area contributed by atoms with Crippen molar-refractivity contribution >= 4 is 26.6 Å². The normalized spacial score (nSPS) is 8.56. The lowest BCUT2D eigenvalue weighted by molar-refractivity contribution is -0.131. The van der Waals surface area contributed by atoms with Gasteiger partial charge < -0.3 is 9.22 Å². The molecule has 0 aliphatic rings. The number of rotatable bonds is 2. The Morgan fingerprint density at radius 1 is 2.00 bits per heavy atom. The lowest BCUT2D eigenvalue weighted by Gasteiger charge is -1.72. The van der Waals surface area contributed by atoms with Gasteiger partial charge in [-0.2, -0.15) is 0 Å². The van der Waals surface area contributed by atoms with E-state index in [-0.39, 0.29) is 0 Å². The standard InChI is InChI=1S/C3H4O2.FH5OSi2/c1-2-3(4)5;1-4-2-3/h2H,1H2,(H,4,5);4H2,3H3. The number of carboxylic acids is 1. The second-order valence-corrected chi connectivity index (χ2v) is 3.47. The molecule has 0 heterocycles. The summed E-state index contributed by atoms with van der Waals surface area (Å²) in [6.45, 7) is 2.96. The molecule has 0 saturated heterocycles. The number of carboxylic acid groups (broad SMARTS) is 1. The quantitative estimate of drug-likeness (QED) is 0.310. The molecule has 0 aromatic carbocycles. The molecular formula is C3H9FO3Si2. The molecule has 0 radical (unpaired) electrons. The summed E-state index contributed by atoms with van der Waals surface area (Å²) in [5, 5.41) is 7.60. The molecule has 0 fully saturated rings. The zero-order valence-electron chi connectivity index (χ0n) is 5.13. The Hall–Kier alpha value is -0.466. The van der Waals surface area contributed by atoms with Gasteiger partial charge in [0.15, 0.2) is 0 Å². The highest BCUT2D eigenvalue weighted by atomic mass is 28.3. The van der Waals surface area contributed by atoms with Gasteiger partial charge in [-0.15, -0.1) is 0 Å². The van der Waals surface area contributed by atoms with Crippen molar-refractivity contribution in [1.29, 1.82) is 0 Å². The van der Waals surface area contributed by atoms with Crippen LogP contribution in [0, 0.1) is 0 Å². The van der Waals surface area contributed by atoms with Crippen molar-refractivity contribution in [2.75, 3.05) is 0 Å². The van der Waals surface area contributed by atoms with E-state index in [4.69, 9.17) is 5.11 Å². The van der Waals surface area contributed by atoms with Gasteiger partial charge in [0.2, 0.25) is 0 Å². The number of aliphatic carboxylic acids is 1. The molecule has 1 N–H and O–H groups in total. The molecule has 54 valence electrons. The molecule has 0 aliphatic heterocycles. The second kappa shape index (κ2) is 10.5. The van der Waals surface area contributed by atoms with Crippen molar-refractivity contribution in [3.63, 3.8) is 0 Å². The minimum absolute atomic E-state index is 0.576. The zero-order chi connectivity index (χ0) is 7.70. The van der Waals surface area contributed by atoms with Crippen LogP contribution in [0.5, 0.6) is 0 Å². The molecule has 3 nitrogen and oxygen atoms in total. The van der Waals surface area contributed by atoms with Crippen LogP contribution < -0.4 is 0 Å². The van der Waals surface area contributed by atoms with Crippen molar-refractivity contribution in [3.8, 4) is 0 Å². The number of halogens is 1. The Bertz CT molecular complexity index is 85.1. The third-order valence-electron chi connectivity index (χ3n) is 0.284. The third kappa shape index (κ3) is 35.9. The topological polar surface area (TPSA) is 46.5 Å². The molecule has 0 aromatic rings. The molecule has 0 aromatic heterocycles. The predicted molar refractivity (Wildman–Crippen MR) is 38.5 cm³/mol. The van der Waals surface area contributed by atoms with E-state index in [0.29, 0.717) is 10.5 Å². The van der Waals surface area contributed by atoms with E-state index >= 15 is 0 Å². The summed E-state index contributed by atoms with van der Waals surface area (Å²) in [5.74, 6) is -0.981. The molecule has 0 bridgehead atoms. The van der Waals surface area contributed by atoms with Gasteiger partial charge in [0, 0.05) is 6.08 Å². The van der Waals surface area contributed by atoms with Gasteiger partial charge in [-0.3, -0.25) is 4.11 Å². The SMILES string of the molecule is C=CC(=O)O.F[SiH2]O[SiH3]. The fourth-order valence-corrected chi connectivity index (χ4v) is 0. The first kappa shape index (κ1) is 11.3. The van der Waals surface area contributed by atoms with E-state index in [9.17, 15) is 8.90 Å². The fourth-order valence-electron chi connectivity index (χ4n) is 0. The largest absolute Gasteiger partial charge is 0.478 e. The third-order valence-corrected chi connectivity index (χ3v) is 1.16. The summed E-state index contributed by atoms with van der Waals surface area (Å²) >= 11 is 0. The van der Waals surface area contributed by atoms with E-state index in [1.807, 2.05) is 0 Å². The molecule has 6 heteroatoms. The van der Waals surface area contributed by atoms with Crippen LogP contribution >= 0.6 is 0 Å². The Kier molecular flexibility index (Phi) is 13.2. The van der Waals surface area contributed by atoms with Crippen LogP contribution in [0.3, 0.4) is 0 Å². The van der Waals surface area contributed by atoms with E-state index in [2.05, 4.69) is 10.7 Å². The van der Waals surface area contributed by atoms with Gasteiger partial charge in [0.05, 0.1) is 0 Å². The molecule has 0 aliphatic carbocycles. The number of hydrogen-bond acceptors (Lipinski definition) is 2. The summed E-state index contributed by atoms with van der Waals surface area (Å²) in [5.41, 5.74) is 0. The van der Waals surface area contributed by atoms with Crippen LogP contribution in [0.25, 0.3) is 0 Å². The zero-order valence-corrected chi connectivity index (χ0v) is 8.55. The second-order valence-electron chi connectivity index (χ2n) is 0.940. The Morgan fingerprint density at radius 2 is 2.22 bits per heavy atom.